The average molecular weight is 227 g/mol. The van der Waals surface area contributed by atoms with Gasteiger partial charge in [-0.3, -0.25) is 0 Å². The average Bonchev–Trinajstić information content (AvgIpc) is 2.16. The number of nitrogens with one attached hydrogen (secondary N) is 1. The van der Waals surface area contributed by atoms with Crippen LogP contribution < -0.4 is 5.32 Å². The molecule has 0 aromatic heterocycles. The molecule has 0 saturated carbocycles. The topological polar surface area (TPSA) is 21.3 Å². The van der Waals surface area contributed by atoms with Gasteiger partial charge in [0.15, 0.2) is 0 Å². The molecule has 2 heteroatoms. The van der Waals surface area contributed by atoms with E-state index in [4.69, 9.17) is 4.74 Å². The monoisotopic (exact) mass is 227 g/mol. The molecule has 0 bridgehead atoms. The van der Waals surface area contributed by atoms with E-state index in [9.17, 15) is 0 Å². The van der Waals surface area contributed by atoms with Crippen LogP contribution in [0.1, 0.15) is 53.9 Å². The minimum absolute atomic E-state index is 0.350. The molecular weight excluding hydrogens is 198 g/mol. The van der Waals surface area contributed by atoms with Crippen molar-refractivity contribution < 1.29 is 4.74 Å². The molecule has 0 aromatic carbocycles. The maximum absolute atomic E-state index is 5.41. The van der Waals surface area contributed by atoms with Gasteiger partial charge in [0.2, 0.25) is 0 Å². The first-order valence-corrected chi connectivity index (χ1v) is 6.73. The zero-order valence-electron chi connectivity index (χ0n) is 11.7. The highest BCUT2D eigenvalue weighted by Crippen LogP contribution is 2.26. The number of hydrogen-bond donors (Lipinski definition) is 1. The largest absolute Gasteiger partial charge is 0.381 e. The third kappa shape index (κ3) is 4.84. The van der Waals surface area contributed by atoms with Crippen molar-refractivity contribution in [1.82, 2.24) is 5.32 Å². The normalized spacial score (nSPS) is 21.4. The van der Waals surface area contributed by atoms with Crippen LogP contribution in [0.5, 0.6) is 0 Å². The first kappa shape index (κ1) is 14.0. The molecule has 1 aliphatic rings. The second-order valence-electron chi connectivity index (χ2n) is 6.60. The van der Waals surface area contributed by atoms with E-state index < -0.39 is 0 Å². The van der Waals surface area contributed by atoms with Crippen molar-refractivity contribution >= 4 is 0 Å². The van der Waals surface area contributed by atoms with Gasteiger partial charge in [-0.05, 0) is 30.6 Å². The van der Waals surface area contributed by atoms with Crippen molar-refractivity contribution in [3.63, 3.8) is 0 Å². The zero-order chi connectivity index (χ0) is 12.2. The van der Waals surface area contributed by atoms with Crippen LogP contribution >= 0.6 is 0 Å². The van der Waals surface area contributed by atoms with Gasteiger partial charge in [-0.15, -0.1) is 0 Å². The van der Waals surface area contributed by atoms with Crippen molar-refractivity contribution in [2.45, 2.75) is 66.0 Å². The van der Waals surface area contributed by atoms with E-state index in [1.165, 1.54) is 19.3 Å². The molecule has 1 rings (SSSR count). The molecule has 0 spiro atoms. The molecule has 0 amide bonds. The van der Waals surface area contributed by atoms with E-state index in [-0.39, 0.29) is 0 Å². The second kappa shape index (κ2) is 6.02. The van der Waals surface area contributed by atoms with Crippen LogP contribution in [-0.4, -0.2) is 25.3 Å². The Hall–Kier alpha value is -0.0800. The lowest BCUT2D eigenvalue weighted by atomic mass is 9.81. The summed E-state index contributed by atoms with van der Waals surface area (Å²) in [7, 11) is 0. The predicted molar refractivity (Wildman–Crippen MR) is 69.7 cm³/mol. The summed E-state index contributed by atoms with van der Waals surface area (Å²) in [5.74, 6) is 0.761. The molecule has 1 aliphatic heterocycles. The molecular formula is C14H29NO. The van der Waals surface area contributed by atoms with Crippen LogP contribution in [0.25, 0.3) is 0 Å². The quantitative estimate of drug-likeness (QED) is 0.796. The maximum Gasteiger partial charge on any atom is 0.0480 e. The Balaban J connectivity index is 2.48. The molecule has 1 unspecified atom stereocenters. The second-order valence-corrected chi connectivity index (χ2v) is 6.60. The first-order valence-electron chi connectivity index (χ1n) is 6.73. The van der Waals surface area contributed by atoms with Gasteiger partial charge in [0.05, 0.1) is 0 Å². The summed E-state index contributed by atoms with van der Waals surface area (Å²) in [6.07, 6.45) is 3.61. The van der Waals surface area contributed by atoms with Gasteiger partial charge >= 0.3 is 0 Å². The fourth-order valence-corrected chi connectivity index (χ4v) is 2.29. The minimum Gasteiger partial charge on any atom is -0.381 e. The molecule has 96 valence electrons. The van der Waals surface area contributed by atoms with Gasteiger partial charge in [0, 0.05) is 25.3 Å². The molecule has 1 fully saturated rings. The van der Waals surface area contributed by atoms with Gasteiger partial charge < -0.3 is 10.1 Å². The van der Waals surface area contributed by atoms with Gasteiger partial charge in [0.1, 0.15) is 0 Å². The summed E-state index contributed by atoms with van der Waals surface area (Å²) >= 11 is 0. The predicted octanol–water partition coefficient (Wildman–Crippen LogP) is 3.22. The molecule has 2 nitrogen and oxygen atoms in total. The highest BCUT2D eigenvalue weighted by molar-refractivity contribution is 4.85. The summed E-state index contributed by atoms with van der Waals surface area (Å²) in [5.41, 5.74) is 0.350. The van der Waals surface area contributed by atoms with Crippen molar-refractivity contribution in [2.24, 2.45) is 11.3 Å². The highest BCUT2D eigenvalue weighted by atomic mass is 16.5. The summed E-state index contributed by atoms with van der Waals surface area (Å²) < 4.78 is 5.41. The third-order valence-electron chi connectivity index (χ3n) is 3.41. The molecule has 1 atom stereocenters. The molecule has 1 heterocycles. The van der Waals surface area contributed by atoms with Crippen LogP contribution in [0.2, 0.25) is 0 Å². The lowest BCUT2D eigenvalue weighted by Gasteiger charge is -2.37. The highest BCUT2D eigenvalue weighted by Gasteiger charge is 2.28. The molecule has 0 aliphatic carbocycles. The summed E-state index contributed by atoms with van der Waals surface area (Å²) in [6, 6.07) is 1.28. The third-order valence-corrected chi connectivity index (χ3v) is 3.41. The lowest BCUT2D eigenvalue weighted by Crippen LogP contribution is -2.48. The van der Waals surface area contributed by atoms with Crippen LogP contribution in [-0.2, 0) is 4.74 Å². The van der Waals surface area contributed by atoms with E-state index in [0.717, 1.165) is 19.1 Å². The molecule has 16 heavy (non-hydrogen) atoms. The Labute approximate surface area is 101 Å². The fraction of sp³-hybridized carbons (Fsp3) is 1.00. The lowest BCUT2D eigenvalue weighted by molar-refractivity contribution is 0.0668. The van der Waals surface area contributed by atoms with Crippen molar-refractivity contribution in [2.75, 3.05) is 13.2 Å². The first-order chi connectivity index (χ1) is 7.39. The van der Waals surface area contributed by atoms with Crippen molar-refractivity contribution in [3.05, 3.63) is 0 Å². The fourth-order valence-electron chi connectivity index (χ4n) is 2.29. The molecule has 1 N–H and O–H groups in total. The SMILES string of the molecule is CC(C)CC(NC1CCOCC1)C(C)(C)C. The Morgan fingerprint density at radius 3 is 2.19 bits per heavy atom. The Morgan fingerprint density at radius 1 is 1.19 bits per heavy atom. The molecule has 0 radical (unpaired) electrons. The number of rotatable bonds is 4. The van der Waals surface area contributed by atoms with E-state index in [2.05, 4.69) is 39.9 Å². The van der Waals surface area contributed by atoms with Gasteiger partial charge in [-0.25, -0.2) is 0 Å². The van der Waals surface area contributed by atoms with Crippen LogP contribution in [0, 0.1) is 11.3 Å². The van der Waals surface area contributed by atoms with E-state index in [0.29, 0.717) is 17.5 Å². The van der Waals surface area contributed by atoms with Gasteiger partial charge in [0.25, 0.3) is 0 Å². The smallest absolute Gasteiger partial charge is 0.0480 e. The summed E-state index contributed by atoms with van der Waals surface area (Å²) in [4.78, 5) is 0. The molecule has 0 aromatic rings. The van der Waals surface area contributed by atoms with E-state index in [1.54, 1.807) is 0 Å². The molecule has 1 saturated heterocycles. The van der Waals surface area contributed by atoms with Gasteiger partial charge in [-0.2, -0.15) is 0 Å². The van der Waals surface area contributed by atoms with Crippen LogP contribution in [0.4, 0.5) is 0 Å². The van der Waals surface area contributed by atoms with Crippen LogP contribution in [0.15, 0.2) is 0 Å². The zero-order valence-corrected chi connectivity index (χ0v) is 11.7. The van der Waals surface area contributed by atoms with Crippen molar-refractivity contribution in [3.8, 4) is 0 Å². The van der Waals surface area contributed by atoms with Crippen LogP contribution in [0.3, 0.4) is 0 Å². The Morgan fingerprint density at radius 2 is 1.75 bits per heavy atom. The minimum atomic E-state index is 0.350. The van der Waals surface area contributed by atoms with Crippen molar-refractivity contribution in [1.29, 1.82) is 0 Å². The number of ether oxygens (including phenoxy) is 1. The standard InChI is InChI=1S/C14H29NO/c1-11(2)10-13(14(3,4)5)15-12-6-8-16-9-7-12/h11-13,15H,6-10H2,1-5H3. The Kier molecular flexibility index (Phi) is 5.26. The maximum atomic E-state index is 5.41. The summed E-state index contributed by atoms with van der Waals surface area (Å²) in [6.45, 7) is 13.5. The Bertz CT molecular complexity index is 189. The van der Waals surface area contributed by atoms with E-state index in [1.807, 2.05) is 0 Å². The van der Waals surface area contributed by atoms with Gasteiger partial charge in [-0.1, -0.05) is 34.6 Å². The number of hydrogen-bond acceptors (Lipinski definition) is 2. The summed E-state index contributed by atoms with van der Waals surface area (Å²) in [5, 5.41) is 3.85. The van der Waals surface area contributed by atoms with E-state index >= 15 is 0 Å².